The minimum absolute atomic E-state index is 0.351. The number of ketones is 2. The smallest absolute Gasteiger partial charge is 0.182 e. The van der Waals surface area contributed by atoms with E-state index in [-0.39, 0.29) is 11.6 Å². The second kappa shape index (κ2) is 11.0. The molecule has 0 amide bonds. The Kier molecular flexibility index (Phi) is 11.3. The van der Waals surface area contributed by atoms with E-state index in [4.69, 9.17) is 57.9 Å². The molecule has 8 heteroatoms. The molecule has 0 fully saturated rings. The summed E-state index contributed by atoms with van der Waals surface area (Å²) >= 11 is 21.8. The molecule has 0 aromatic rings. The van der Waals surface area contributed by atoms with Crippen LogP contribution in [-0.2, 0) is 9.59 Å². The van der Waals surface area contributed by atoms with E-state index in [9.17, 15) is 9.59 Å². The van der Waals surface area contributed by atoms with Gasteiger partial charge < -0.3 is 11.5 Å². The van der Waals surface area contributed by atoms with Gasteiger partial charge in [-0.15, -0.1) is 0 Å². The highest BCUT2D eigenvalue weighted by Crippen LogP contribution is 2.13. The lowest BCUT2D eigenvalue weighted by molar-refractivity contribution is -0.119. The highest BCUT2D eigenvalue weighted by molar-refractivity contribution is 6.54. The summed E-state index contributed by atoms with van der Waals surface area (Å²) in [6, 6.07) is -1.24. The van der Waals surface area contributed by atoms with Gasteiger partial charge in [-0.25, -0.2) is 0 Å². The van der Waals surface area contributed by atoms with Crippen LogP contribution < -0.4 is 11.5 Å². The first-order chi connectivity index (χ1) is 9.27. The van der Waals surface area contributed by atoms with Crippen LogP contribution in [0.4, 0.5) is 0 Å². The van der Waals surface area contributed by atoms with Gasteiger partial charge in [0.2, 0.25) is 0 Å². The quantitative estimate of drug-likeness (QED) is 0.435. The Bertz CT molecular complexity index is 284. The van der Waals surface area contributed by atoms with Gasteiger partial charge in [-0.2, -0.15) is 0 Å². The summed E-state index contributed by atoms with van der Waals surface area (Å²) in [5.41, 5.74) is 11.3. The molecule has 4 nitrogen and oxygen atoms in total. The van der Waals surface area contributed by atoms with Crippen LogP contribution in [0, 0.1) is 0 Å². The van der Waals surface area contributed by atoms with Gasteiger partial charge in [-0.05, 0) is 12.8 Å². The molecule has 0 saturated carbocycles. The number of alkyl halides is 4. The van der Waals surface area contributed by atoms with E-state index >= 15 is 0 Å². The van der Waals surface area contributed by atoms with Gasteiger partial charge in [0.1, 0.15) is 0 Å². The molecule has 118 valence electrons. The summed E-state index contributed by atoms with van der Waals surface area (Å²) < 4.78 is 0. The lowest BCUT2D eigenvalue weighted by Crippen LogP contribution is -2.34. The number of carbonyl (C=O) groups is 2. The van der Waals surface area contributed by atoms with E-state index in [1.807, 2.05) is 0 Å². The zero-order valence-electron chi connectivity index (χ0n) is 11.0. The minimum Gasteiger partial charge on any atom is -0.321 e. The number of unbranched alkanes of at least 4 members (excludes halogenated alkanes) is 3. The van der Waals surface area contributed by atoms with Gasteiger partial charge >= 0.3 is 0 Å². The SMILES string of the molecule is NC(CCCCCCC(N)C(=O)C(Cl)Cl)C(=O)C(Cl)Cl. The number of nitrogens with two attached hydrogens (primary N) is 2. The van der Waals surface area contributed by atoms with Crippen molar-refractivity contribution < 1.29 is 9.59 Å². The van der Waals surface area contributed by atoms with E-state index < -0.39 is 21.8 Å². The zero-order chi connectivity index (χ0) is 15.7. The van der Waals surface area contributed by atoms with Gasteiger partial charge in [0.05, 0.1) is 12.1 Å². The average molecular weight is 366 g/mol. The molecule has 0 spiro atoms. The summed E-state index contributed by atoms with van der Waals surface area (Å²) in [5.74, 6) is -0.701. The number of carbonyl (C=O) groups excluding carboxylic acids is 2. The Balaban J connectivity index is 3.63. The van der Waals surface area contributed by atoms with Crippen molar-refractivity contribution >= 4 is 58.0 Å². The maximum Gasteiger partial charge on any atom is 0.182 e. The largest absolute Gasteiger partial charge is 0.321 e. The minimum atomic E-state index is -1.06. The first-order valence-corrected chi connectivity index (χ1v) is 8.16. The van der Waals surface area contributed by atoms with E-state index in [2.05, 4.69) is 0 Å². The number of Topliss-reactive ketones (excluding diaryl/α,β-unsaturated/α-hetero) is 2. The Morgan fingerprint density at radius 1 is 0.700 bits per heavy atom. The molecule has 0 aliphatic rings. The van der Waals surface area contributed by atoms with Gasteiger partial charge in [-0.3, -0.25) is 9.59 Å². The predicted octanol–water partition coefficient (Wildman–Crippen LogP) is 2.73. The molecule has 0 heterocycles. The van der Waals surface area contributed by atoms with Crippen LogP contribution >= 0.6 is 46.4 Å². The van der Waals surface area contributed by atoms with Crippen molar-refractivity contribution in [1.29, 1.82) is 0 Å². The predicted molar refractivity (Wildman–Crippen MR) is 84.7 cm³/mol. The third-order valence-electron chi connectivity index (χ3n) is 2.94. The molecule has 2 atom stereocenters. The molecule has 0 aromatic heterocycles. The fourth-order valence-corrected chi connectivity index (χ4v) is 2.34. The Labute approximate surface area is 139 Å². The van der Waals surface area contributed by atoms with Crippen molar-refractivity contribution in [3.63, 3.8) is 0 Å². The summed E-state index contributed by atoms with van der Waals surface area (Å²) in [6.07, 6.45) is 4.47. The van der Waals surface area contributed by atoms with Crippen molar-refractivity contribution in [2.75, 3.05) is 0 Å². The van der Waals surface area contributed by atoms with Gasteiger partial charge in [-0.1, -0.05) is 72.1 Å². The monoisotopic (exact) mass is 364 g/mol. The summed E-state index contributed by atoms with van der Waals surface area (Å²) in [6.45, 7) is 0. The third-order valence-corrected chi connectivity index (χ3v) is 3.80. The second-order valence-electron chi connectivity index (χ2n) is 4.61. The molecule has 2 unspecified atom stereocenters. The van der Waals surface area contributed by atoms with Crippen LogP contribution in [0.5, 0.6) is 0 Å². The molecule has 0 aliphatic carbocycles. The topological polar surface area (TPSA) is 86.2 Å². The molecule has 0 radical (unpaired) electrons. The number of hydrogen-bond donors (Lipinski definition) is 2. The van der Waals surface area contributed by atoms with E-state index in [1.165, 1.54) is 0 Å². The maximum absolute atomic E-state index is 11.3. The van der Waals surface area contributed by atoms with Crippen molar-refractivity contribution in [2.45, 2.75) is 60.3 Å². The van der Waals surface area contributed by atoms with Crippen molar-refractivity contribution in [1.82, 2.24) is 0 Å². The van der Waals surface area contributed by atoms with Crippen LogP contribution in [0.15, 0.2) is 0 Å². The number of hydrogen-bond acceptors (Lipinski definition) is 4. The van der Waals surface area contributed by atoms with Crippen LogP contribution in [0.1, 0.15) is 38.5 Å². The molecular weight excluding hydrogens is 346 g/mol. The molecule has 20 heavy (non-hydrogen) atoms. The molecular formula is C12H20Cl4N2O2. The van der Waals surface area contributed by atoms with Crippen molar-refractivity contribution in [3.8, 4) is 0 Å². The van der Waals surface area contributed by atoms with Gasteiger partial charge in [0.25, 0.3) is 0 Å². The average Bonchev–Trinajstić information content (AvgIpc) is 2.39. The van der Waals surface area contributed by atoms with Crippen LogP contribution in [0.3, 0.4) is 0 Å². The molecule has 0 aromatic carbocycles. The highest BCUT2D eigenvalue weighted by Gasteiger charge is 2.20. The summed E-state index contributed by atoms with van der Waals surface area (Å²) in [7, 11) is 0. The van der Waals surface area contributed by atoms with Crippen LogP contribution in [0.2, 0.25) is 0 Å². The Morgan fingerprint density at radius 2 is 1.00 bits per heavy atom. The molecule has 0 aliphatic heterocycles. The molecule has 0 saturated heterocycles. The second-order valence-corrected chi connectivity index (χ2v) is 6.80. The molecule has 0 rings (SSSR count). The number of rotatable bonds is 11. The molecule has 0 bridgehead atoms. The third kappa shape index (κ3) is 8.65. The summed E-state index contributed by atoms with van der Waals surface area (Å²) in [4.78, 5) is 20.5. The van der Waals surface area contributed by atoms with Crippen molar-refractivity contribution in [3.05, 3.63) is 0 Å². The Morgan fingerprint density at radius 3 is 1.25 bits per heavy atom. The van der Waals surface area contributed by atoms with Crippen LogP contribution in [0.25, 0.3) is 0 Å². The normalized spacial score (nSPS) is 14.6. The lowest BCUT2D eigenvalue weighted by atomic mass is 10.0. The fraction of sp³-hybridized carbons (Fsp3) is 0.833. The highest BCUT2D eigenvalue weighted by atomic mass is 35.5. The van der Waals surface area contributed by atoms with Crippen molar-refractivity contribution in [2.24, 2.45) is 11.5 Å². The van der Waals surface area contributed by atoms with Crippen LogP contribution in [-0.4, -0.2) is 33.3 Å². The van der Waals surface area contributed by atoms with E-state index in [1.54, 1.807) is 0 Å². The summed E-state index contributed by atoms with van der Waals surface area (Å²) in [5, 5.41) is 0. The fourth-order valence-electron chi connectivity index (χ4n) is 1.69. The standard InChI is InChI=1S/C12H20Cl4N2O2/c13-11(14)9(19)7(17)5-3-1-2-4-6-8(18)10(20)12(15)16/h7-8,11-12H,1-6,17-18H2. The first-order valence-electron chi connectivity index (χ1n) is 6.42. The first kappa shape index (κ1) is 20.4. The molecule has 4 N–H and O–H groups in total. The van der Waals surface area contributed by atoms with Gasteiger partial charge in [0.15, 0.2) is 21.2 Å². The maximum atomic E-state index is 11.3. The zero-order valence-corrected chi connectivity index (χ0v) is 14.1. The lowest BCUT2D eigenvalue weighted by Gasteiger charge is -2.12. The van der Waals surface area contributed by atoms with E-state index in [0.717, 1.165) is 25.7 Å². The number of halogens is 4. The van der Waals surface area contributed by atoms with E-state index in [0.29, 0.717) is 12.8 Å². The Hall–Kier alpha value is 0.420. The van der Waals surface area contributed by atoms with Gasteiger partial charge in [0, 0.05) is 0 Å².